The average Bonchev–Trinajstić information content (AvgIpc) is 2.26. The second-order valence-corrected chi connectivity index (χ2v) is 4.93. The number of rotatable bonds is 5. The fourth-order valence-corrected chi connectivity index (χ4v) is 2.10. The summed E-state index contributed by atoms with van der Waals surface area (Å²) in [5.41, 5.74) is -0.0903. The van der Waals surface area contributed by atoms with Crippen molar-refractivity contribution in [2.45, 2.75) is 38.8 Å². The summed E-state index contributed by atoms with van der Waals surface area (Å²) in [6.45, 7) is 5.67. The van der Waals surface area contributed by atoms with Gasteiger partial charge in [0.05, 0.1) is 7.11 Å². The summed E-state index contributed by atoms with van der Waals surface area (Å²) in [5.74, 6) is -0.648. The number of esters is 1. The van der Waals surface area contributed by atoms with Crippen LogP contribution in [0.25, 0.3) is 0 Å². The molecule has 1 rings (SSSR count). The number of methoxy groups -OCH3 is 1. The fraction of sp³-hybridized carbons (Fsp3) is 0.500. The monoisotopic (exact) mass is 253 g/mol. The van der Waals surface area contributed by atoms with E-state index < -0.39 is 5.54 Å². The molecule has 18 heavy (non-hydrogen) atoms. The first-order valence-corrected chi connectivity index (χ1v) is 5.98. The summed E-state index contributed by atoms with van der Waals surface area (Å²) in [6, 6.07) is 6.38. The number of benzene rings is 1. The standard InChI is InChI=1S/C14H20FNO2/c1-10(2)16-14(3,13(17)18-4)9-11-6-5-7-12(15)8-11/h5-8,10,16H,9H2,1-4H3. The van der Waals surface area contributed by atoms with Crippen molar-refractivity contribution in [1.29, 1.82) is 0 Å². The SMILES string of the molecule is COC(=O)C(C)(Cc1cccc(F)c1)NC(C)C. The minimum absolute atomic E-state index is 0.127. The van der Waals surface area contributed by atoms with E-state index >= 15 is 0 Å². The predicted octanol–water partition coefficient (Wildman–Crippen LogP) is 2.30. The van der Waals surface area contributed by atoms with Crippen molar-refractivity contribution in [3.63, 3.8) is 0 Å². The molecule has 0 fully saturated rings. The lowest BCUT2D eigenvalue weighted by atomic mass is 9.92. The van der Waals surface area contributed by atoms with Gasteiger partial charge in [0.15, 0.2) is 0 Å². The molecule has 0 heterocycles. The van der Waals surface area contributed by atoms with E-state index in [1.807, 2.05) is 13.8 Å². The molecule has 0 aliphatic rings. The number of carbonyl (C=O) groups is 1. The van der Waals surface area contributed by atoms with Crippen molar-refractivity contribution >= 4 is 5.97 Å². The summed E-state index contributed by atoms with van der Waals surface area (Å²) in [6.07, 6.45) is 0.385. The van der Waals surface area contributed by atoms with Gasteiger partial charge in [0.2, 0.25) is 0 Å². The van der Waals surface area contributed by atoms with Gasteiger partial charge in [-0.15, -0.1) is 0 Å². The van der Waals surface area contributed by atoms with Crippen LogP contribution in [0, 0.1) is 5.82 Å². The smallest absolute Gasteiger partial charge is 0.326 e. The first-order valence-electron chi connectivity index (χ1n) is 5.98. The highest BCUT2D eigenvalue weighted by Gasteiger charge is 2.34. The molecule has 1 unspecified atom stereocenters. The van der Waals surface area contributed by atoms with Crippen LogP contribution in [-0.2, 0) is 16.0 Å². The highest BCUT2D eigenvalue weighted by molar-refractivity contribution is 5.80. The summed E-state index contributed by atoms with van der Waals surface area (Å²) in [5, 5.41) is 3.18. The number of nitrogens with one attached hydrogen (secondary N) is 1. The molecule has 0 aliphatic carbocycles. The van der Waals surface area contributed by atoms with E-state index in [4.69, 9.17) is 4.74 Å². The largest absolute Gasteiger partial charge is 0.468 e. The van der Waals surface area contributed by atoms with Gasteiger partial charge in [-0.3, -0.25) is 10.1 Å². The lowest BCUT2D eigenvalue weighted by molar-refractivity contribution is -0.148. The zero-order chi connectivity index (χ0) is 13.8. The topological polar surface area (TPSA) is 38.3 Å². The van der Waals surface area contributed by atoms with E-state index in [1.165, 1.54) is 19.2 Å². The summed E-state index contributed by atoms with van der Waals surface area (Å²) < 4.78 is 18.0. The summed E-state index contributed by atoms with van der Waals surface area (Å²) in [7, 11) is 1.36. The van der Waals surface area contributed by atoms with E-state index in [9.17, 15) is 9.18 Å². The number of ether oxygens (including phenoxy) is 1. The molecule has 0 bridgehead atoms. The van der Waals surface area contributed by atoms with Crippen molar-refractivity contribution in [1.82, 2.24) is 5.32 Å². The van der Waals surface area contributed by atoms with Gasteiger partial charge in [0.1, 0.15) is 11.4 Å². The molecule has 0 saturated heterocycles. The molecule has 1 aromatic carbocycles. The lowest BCUT2D eigenvalue weighted by Gasteiger charge is -2.30. The van der Waals surface area contributed by atoms with Gasteiger partial charge < -0.3 is 4.74 Å². The lowest BCUT2D eigenvalue weighted by Crippen LogP contribution is -2.54. The van der Waals surface area contributed by atoms with Crippen molar-refractivity contribution in [3.05, 3.63) is 35.6 Å². The predicted molar refractivity (Wildman–Crippen MR) is 68.8 cm³/mol. The van der Waals surface area contributed by atoms with Crippen LogP contribution >= 0.6 is 0 Å². The van der Waals surface area contributed by atoms with Gasteiger partial charge in [-0.05, 0) is 38.5 Å². The van der Waals surface area contributed by atoms with Crippen molar-refractivity contribution in [2.75, 3.05) is 7.11 Å². The van der Waals surface area contributed by atoms with Gasteiger partial charge in [0.25, 0.3) is 0 Å². The molecule has 4 heteroatoms. The Morgan fingerprint density at radius 3 is 2.67 bits per heavy atom. The van der Waals surface area contributed by atoms with Crippen LogP contribution in [-0.4, -0.2) is 24.7 Å². The van der Waals surface area contributed by atoms with Crippen molar-refractivity contribution in [2.24, 2.45) is 0 Å². The van der Waals surface area contributed by atoms with E-state index in [0.717, 1.165) is 5.56 Å². The molecule has 3 nitrogen and oxygen atoms in total. The van der Waals surface area contributed by atoms with Gasteiger partial charge in [-0.1, -0.05) is 12.1 Å². The van der Waals surface area contributed by atoms with E-state index in [0.29, 0.717) is 6.42 Å². The second kappa shape index (κ2) is 5.96. The van der Waals surface area contributed by atoms with Crippen molar-refractivity contribution < 1.29 is 13.9 Å². The van der Waals surface area contributed by atoms with Gasteiger partial charge >= 0.3 is 5.97 Å². The molecule has 0 radical (unpaired) electrons. The Bertz CT molecular complexity index is 420. The van der Waals surface area contributed by atoms with E-state index in [1.54, 1.807) is 19.1 Å². The minimum Gasteiger partial charge on any atom is -0.468 e. The molecule has 1 atom stereocenters. The molecule has 0 saturated carbocycles. The Labute approximate surface area is 107 Å². The van der Waals surface area contributed by atoms with Gasteiger partial charge in [-0.25, -0.2) is 4.39 Å². The molecular weight excluding hydrogens is 233 g/mol. The maximum absolute atomic E-state index is 13.2. The third kappa shape index (κ3) is 3.81. The third-order valence-electron chi connectivity index (χ3n) is 2.69. The van der Waals surface area contributed by atoms with Crippen LogP contribution in [0.15, 0.2) is 24.3 Å². The average molecular weight is 253 g/mol. The molecular formula is C14H20FNO2. The minimum atomic E-state index is -0.850. The molecule has 1 aromatic rings. The highest BCUT2D eigenvalue weighted by atomic mass is 19.1. The first kappa shape index (κ1) is 14.6. The van der Waals surface area contributed by atoms with Crippen LogP contribution in [0.4, 0.5) is 4.39 Å². The zero-order valence-electron chi connectivity index (χ0n) is 11.3. The number of hydrogen-bond donors (Lipinski definition) is 1. The molecule has 100 valence electrons. The molecule has 0 spiro atoms. The van der Waals surface area contributed by atoms with Crippen LogP contribution in [0.3, 0.4) is 0 Å². The molecule has 0 aromatic heterocycles. The maximum Gasteiger partial charge on any atom is 0.326 e. The Kier molecular flexibility index (Phi) is 4.84. The van der Waals surface area contributed by atoms with Crippen molar-refractivity contribution in [3.8, 4) is 0 Å². The van der Waals surface area contributed by atoms with E-state index in [-0.39, 0.29) is 17.8 Å². The number of carbonyl (C=O) groups excluding carboxylic acids is 1. The normalized spacial score (nSPS) is 14.3. The Hall–Kier alpha value is -1.42. The van der Waals surface area contributed by atoms with Crippen LogP contribution < -0.4 is 5.32 Å². The number of halogens is 1. The Morgan fingerprint density at radius 2 is 2.17 bits per heavy atom. The van der Waals surface area contributed by atoms with Gasteiger partial charge in [0, 0.05) is 12.5 Å². The highest BCUT2D eigenvalue weighted by Crippen LogP contribution is 2.17. The Morgan fingerprint density at radius 1 is 1.50 bits per heavy atom. The maximum atomic E-state index is 13.2. The quantitative estimate of drug-likeness (QED) is 0.818. The molecule has 0 amide bonds. The fourth-order valence-electron chi connectivity index (χ4n) is 2.10. The molecule has 1 N–H and O–H groups in total. The van der Waals surface area contributed by atoms with E-state index in [2.05, 4.69) is 5.32 Å². The first-order chi connectivity index (χ1) is 8.37. The Balaban J connectivity index is 2.94. The summed E-state index contributed by atoms with van der Waals surface area (Å²) >= 11 is 0. The molecule has 0 aliphatic heterocycles. The number of hydrogen-bond acceptors (Lipinski definition) is 3. The van der Waals surface area contributed by atoms with Gasteiger partial charge in [-0.2, -0.15) is 0 Å². The van der Waals surface area contributed by atoms with Crippen LogP contribution in [0.5, 0.6) is 0 Å². The summed E-state index contributed by atoms with van der Waals surface area (Å²) in [4.78, 5) is 11.9. The second-order valence-electron chi connectivity index (χ2n) is 4.93. The van der Waals surface area contributed by atoms with Crippen LogP contribution in [0.1, 0.15) is 26.3 Å². The van der Waals surface area contributed by atoms with Crippen LogP contribution in [0.2, 0.25) is 0 Å². The zero-order valence-corrected chi connectivity index (χ0v) is 11.3. The third-order valence-corrected chi connectivity index (χ3v) is 2.69.